The molecule has 30 heavy (non-hydrogen) atoms. The van der Waals surface area contributed by atoms with Gasteiger partial charge in [-0.3, -0.25) is 9.36 Å². The number of nitrogens with zero attached hydrogens (tertiary/aromatic N) is 4. The summed E-state index contributed by atoms with van der Waals surface area (Å²) in [5.74, 6) is 0.611. The molecule has 1 saturated heterocycles. The van der Waals surface area contributed by atoms with E-state index in [1.807, 2.05) is 34.9 Å². The lowest BCUT2D eigenvalue weighted by Crippen LogP contribution is -2.36. The Morgan fingerprint density at radius 1 is 1.13 bits per heavy atom. The van der Waals surface area contributed by atoms with E-state index in [0.717, 1.165) is 52.3 Å². The molecule has 0 radical (unpaired) electrons. The van der Waals surface area contributed by atoms with Gasteiger partial charge in [0.1, 0.15) is 17.9 Å². The van der Waals surface area contributed by atoms with Gasteiger partial charge in [-0.1, -0.05) is 12.1 Å². The second-order valence-corrected chi connectivity index (χ2v) is 7.59. The van der Waals surface area contributed by atoms with Gasteiger partial charge in [-0.2, -0.15) is 0 Å². The maximum absolute atomic E-state index is 11.3. The second-order valence-electron chi connectivity index (χ2n) is 7.59. The number of ether oxygens (including phenoxy) is 1. The number of aliphatic carboxylic acids is 1. The van der Waals surface area contributed by atoms with Crippen LogP contribution in [0.3, 0.4) is 0 Å². The van der Waals surface area contributed by atoms with E-state index in [-0.39, 0.29) is 5.92 Å². The van der Waals surface area contributed by atoms with Gasteiger partial charge in [0.25, 0.3) is 0 Å². The lowest BCUT2D eigenvalue weighted by molar-refractivity contribution is -0.142. The number of rotatable bonds is 4. The summed E-state index contributed by atoms with van der Waals surface area (Å²) in [6, 6.07) is 16.0. The number of aromatic nitrogens is 3. The topological polar surface area (TPSA) is 80.5 Å². The fourth-order valence-corrected chi connectivity index (χ4v) is 4.18. The minimum absolute atomic E-state index is 0.256. The zero-order valence-corrected chi connectivity index (χ0v) is 16.7. The molecular formula is C23H22N4O3. The van der Waals surface area contributed by atoms with Gasteiger partial charge >= 0.3 is 5.97 Å². The molecule has 0 spiro atoms. The summed E-state index contributed by atoms with van der Waals surface area (Å²) in [6.45, 7) is 1.44. The van der Waals surface area contributed by atoms with Crippen molar-refractivity contribution in [3.63, 3.8) is 0 Å². The van der Waals surface area contributed by atoms with E-state index >= 15 is 0 Å². The van der Waals surface area contributed by atoms with Crippen LogP contribution in [0.25, 0.3) is 27.8 Å². The molecule has 1 fully saturated rings. The molecule has 1 aliphatic rings. The van der Waals surface area contributed by atoms with Crippen LogP contribution in [0, 0.1) is 5.92 Å². The number of carboxylic acid groups (broad SMARTS) is 1. The molecule has 1 aliphatic heterocycles. The number of hydrogen-bond donors (Lipinski definition) is 1. The first-order chi connectivity index (χ1) is 14.6. The third kappa shape index (κ3) is 3.12. The fourth-order valence-electron chi connectivity index (χ4n) is 4.18. The molecule has 1 N–H and O–H groups in total. The van der Waals surface area contributed by atoms with Gasteiger partial charge in [0.15, 0.2) is 0 Å². The van der Waals surface area contributed by atoms with Gasteiger partial charge in [0.05, 0.1) is 35.3 Å². The van der Waals surface area contributed by atoms with Gasteiger partial charge in [0, 0.05) is 24.5 Å². The quantitative estimate of drug-likeness (QED) is 0.558. The van der Waals surface area contributed by atoms with Crippen LogP contribution in [0.1, 0.15) is 12.8 Å². The Hall–Kier alpha value is -3.61. The van der Waals surface area contributed by atoms with Crippen molar-refractivity contribution in [1.29, 1.82) is 0 Å². The third-order valence-corrected chi connectivity index (χ3v) is 5.87. The van der Waals surface area contributed by atoms with Crippen LogP contribution in [0.2, 0.25) is 0 Å². The summed E-state index contributed by atoms with van der Waals surface area (Å²) < 4.78 is 7.27. The van der Waals surface area contributed by atoms with Crippen LogP contribution in [0.4, 0.5) is 5.69 Å². The maximum Gasteiger partial charge on any atom is 0.306 e. The van der Waals surface area contributed by atoms with Crippen LogP contribution in [-0.4, -0.2) is 45.8 Å². The minimum Gasteiger partial charge on any atom is -0.497 e. The van der Waals surface area contributed by atoms with Gasteiger partial charge in [-0.15, -0.1) is 0 Å². The molecule has 3 heterocycles. The van der Waals surface area contributed by atoms with Gasteiger partial charge in [-0.25, -0.2) is 9.97 Å². The third-order valence-electron chi connectivity index (χ3n) is 5.87. The highest BCUT2D eigenvalue weighted by atomic mass is 16.5. The van der Waals surface area contributed by atoms with E-state index in [0.29, 0.717) is 12.8 Å². The van der Waals surface area contributed by atoms with Crippen molar-refractivity contribution in [3.05, 3.63) is 54.9 Å². The first-order valence-electron chi connectivity index (χ1n) is 10.0. The zero-order valence-electron chi connectivity index (χ0n) is 16.7. The Balaban J connectivity index is 1.55. The molecule has 5 rings (SSSR count). The van der Waals surface area contributed by atoms with Crippen LogP contribution < -0.4 is 9.64 Å². The molecule has 2 aromatic heterocycles. The average Bonchev–Trinajstić information content (AvgIpc) is 3.21. The summed E-state index contributed by atoms with van der Waals surface area (Å²) in [5.41, 5.74) is 3.77. The molecule has 0 bridgehead atoms. The van der Waals surface area contributed by atoms with Crippen molar-refractivity contribution in [2.24, 2.45) is 5.92 Å². The van der Waals surface area contributed by atoms with Crippen molar-refractivity contribution in [1.82, 2.24) is 14.5 Å². The van der Waals surface area contributed by atoms with E-state index in [2.05, 4.69) is 28.1 Å². The summed E-state index contributed by atoms with van der Waals surface area (Å²) in [4.78, 5) is 23.0. The van der Waals surface area contributed by atoms with Crippen LogP contribution >= 0.6 is 0 Å². The number of anilines is 1. The number of pyridine rings is 1. The Kier molecular flexibility index (Phi) is 4.50. The number of fused-ring (bicyclic) bond motifs is 2. The number of benzene rings is 2. The van der Waals surface area contributed by atoms with Gasteiger partial charge in [0.2, 0.25) is 0 Å². The molecule has 0 unspecified atom stereocenters. The van der Waals surface area contributed by atoms with E-state index in [9.17, 15) is 9.90 Å². The number of hydrogen-bond acceptors (Lipinski definition) is 5. The van der Waals surface area contributed by atoms with Crippen molar-refractivity contribution in [3.8, 4) is 11.6 Å². The minimum atomic E-state index is -0.698. The molecule has 0 atom stereocenters. The number of piperidine rings is 1. The molecule has 0 amide bonds. The highest BCUT2D eigenvalue weighted by Gasteiger charge is 2.25. The van der Waals surface area contributed by atoms with Crippen molar-refractivity contribution in [2.75, 3.05) is 25.1 Å². The zero-order chi connectivity index (χ0) is 20.7. The number of carboxylic acids is 1. The number of imidazole rings is 1. The smallest absolute Gasteiger partial charge is 0.306 e. The summed E-state index contributed by atoms with van der Waals surface area (Å²) in [5, 5.41) is 10.3. The second kappa shape index (κ2) is 7.33. The molecule has 0 saturated carbocycles. The summed E-state index contributed by atoms with van der Waals surface area (Å²) in [6.07, 6.45) is 3.08. The van der Waals surface area contributed by atoms with Crippen LogP contribution in [0.5, 0.6) is 5.75 Å². The predicted molar refractivity (Wildman–Crippen MR) is 115 cm³/mol. The first kappa shape index (κ1) is 18.4. The largest absolute Gasteiger partial charge is 0.497 e. The molecule has 4 aromatic rings. The van der Waals surface area contributed by atoms with Gasteiger partial charge in [-0.05, 0) is 43.2 Å². The Bertz CT molecular complexity index is 1240. The maximum atomic E-state index is 11.3. The molecule has 0 aliphatic carbocycles. The normalized spacial score (nSPS) is 15.0. The van der Waals surface area contributed by atoms with Crippen LogP contribution in [-0.2, 0) is 4.79 Å². The Labute approximate surface area is 173 Å². The van der Waals surface area contributed by atoms with E-state index in [1.165, 1.54) is 0 Å². The molecular weight excluding hydrogens is 380 g/mol. The Morgan fingerprint density at radius 2 is 1.97 bits per heavy atom. The van der Waals surface area contributed by atoms with E-state index in [1.54, 1.807) is 13.4 Å². The number of para-hydroxylation sites is 1. The number of carbonyl (C=O) groups is 1. The highest BCUT2D eigenvalue weighted by molar-refractivity contribution is 5.92. The highest BCUT2D eigenvalue weighted by Crippen LogP contribution is 2.31. The fraction of sp³-hybridized carbons (Fsp3) is 0.261. The number of methoxy groups -OCH3 is 1. The molecule has 7 heteroatoms. The van der Waals surface area contributed by atoms with Crippen LogP contribution in [0.15, 0.2) is 54.9 Å². The standard InChI is InChI=1S/C23H22N4O3/c1-30-17-6-7-19-18(13-17)24-14-27(19)21-8-5-15-3-2-4-20(22(15)25-21)26-11-9-16(10-12-26)23(28)29/h2-8,13-14,16H,9-12H2,1H3,(H,28,29). The van der Waals surface area contributed by atoms with E-state index in [4.69, 9.17) is 9.72 Å². The monoisotopic (exact) mass is 402 g/mol. The van der Waals surface area contributed by atoms with E-state index < -0.39 is 5.97 Å². The predicted octanol–water partition coefficient (Wildman–Crippen LogP) is 3.88. The summed E-state index contributed by atoms with van der Waals surface area (Å²) in [7, 11) is 1.64. The molecule has 7 nitrogen and oxygen atoms in total. The van der Waals surface area contributed by atoms with Crippen molar-refractivity contribution < 1.29 is 14.6 Å². The SMILES string of the molecule is COc1ccc2c(c1)ncn2-c1ccc2cccc(N3CCC(C(=O)O)CC3)c2n1. The molecule has 2 aromatic carbocycles. The first-order valence-corrected chi connectivity index (χ1v) is 10.0. The lowest BCUT2D eigenvalue weighted by atomic mass is 9.96. The van der Waals surface area contributed by atoms with Gasteiger partial charge < -0.3 is 14.7 Å². The lowest BCUT2D eigenvalue weighted by Gasteiger charge is -2.32. The molecule has 152 valence electrons. The van der Waals surface area contributed by atoms with Crippen molar-refractivity contribution >= 4 is 33.6 Å². The Morgan fingerprint density at radius 3 is 2.73 bits per heavy atom. The average molecular weight is 402 g/mol. The van der Waals surface area contributed by atoms with Crippen molar-refractivity contribution in [2.45, 2.75) is 12.8 Å². The summed E-state index contributed by atoms with van der Waals surface area (Å²) >= 11 is 0.